The van der Waals surface area contributed by atoms with Gasteiger partial charge in [-0.25, -0.2) is 0 Å². The van der Waals surface area contributed by atoms with Crippen LogP contribution in [0, 0.1) is 6.92 Å². The fourth-order valence-electron chi connectivity index (χ4n) is 1.88. The molecule has 2 rings (SSSR count). The molecule has 1 fully saturated rings. The van der Waals surface area contributed by atoms with Crippen molar-refractivity contribution in [2.24, 2.45) is 0 Å². The first-order chi connectivity index (χ1) is 7.22. The summed E-state index contributed by atoms with van der Waals surface area (Å²) < 4.78 is 0. The summed E-state index contributed by atoms with van der Waals surface area (Å²) in [5.74, 6) is 0.196. The summed E-state index contributed by atoms with van der Waals surface area (Å²) in [7, 11) is 0. The second-order valence-corrected chi connectivity index (χ2v) is 4.15. The minimum Gasteiger partial charge on any atom is -0.339 e. The summed E-state index contributed by atoms with van der Waals surface area (Å²) in [6.07, 6.45) is 2.18. The van der Waals surface area contributed by atoms with E-state index in [1.165, 1.54) is 5.56 Å². The molecule has 0 saturated carbocycles. The minimum atomic E-state index is 0.196. The van der Waals surface area contributed by atoms with Crippen LogP contribution in [0.1, 0.15) is 34.8 Å². The Morgan fingerprint density at radius 1 is 1.40 bits per heavy atom. The Balaban J connectivity index is 2.24. The zero-order valence-corrected chi connectivity index (χ0v) is 9.42. The molecular formula is C13H17NO. The number of hydrogen-bond donors (Lipinski definition) is 0. The van der Waals surface area contributed by atoms with Crippen LogP contribution in [0.2, 0.25) is 0 Å². The monoisotopic (exact) mass is 203 g/mol. The zero-order chi connectivity index (χ0) is 10.8. The molecule has 2 heteroatoms. The number of aryl methyl sites for hydroxylation is 2. The van der Waals surface area contributed by atoms with Crippen LogP contribution in [0.4, 0.5) is 0 Å². The second-order valence-electron chi connectivity index (χ2n) is 4.15. The zero-order valence-electron chi connectivity index (χ0n) is 9.42. The van der Waals surface area contributed by atoms with E-state index in [1.807, 2.05) is 17.9 Å². The maximum atomic E-state index is 12.0. The normalized spacial score (nSPS) is 14.9. The number of amides is 1. The molecule has 1 heterocycles. The van der Waals surface area contributed by atoms with Crippen LogP contribution >= 0.6 is 0 Å². The quantitative estimate of drug-likeness (QED) is 0.722. The van der Waals surface area contributed by atoms with Crippen LogP contribution in [-0.4, -0.2) is 23.9 Å². The van der Waals surface area contributed by atoms with Gasteiger partial charge in [-0.05, 0) is 37.0 Å². The van der Waals surface area contributed by atoms with Crippen molar-refractivity contribution in [3.05, 3.63) is 34.9 Å². The van der Waals surface area contributed by atoms with E-state index in [4.69, 9.17) is 0 Å². The van der Waals surface area contributed by atoms with Gasteiger partial charge in [0.05, 0.1) is 0 Å². The number of rotatable bonds is 2. The number of likely N-dealkylation sites (tertiary alicyclic amines) is 1. The number of carbonyl (C=O) groups is 1. The molecule has 0 aromatic heterocycles. The number of carbonyl (C=O) groups excluding carboxylic acids is 1. The van der Waals surface area contributed by atoms with Gasteiger partial charge in [0.25, 0.3) is 5.91 Å². The highest BCUT2D eigenvalue weighted by atomic mass is 16.2. The summed E-state index contributed by atoms with van der Waals surface area (Å²) in [5, 5.41) is 0. The Kier molecular flexibility index (Phi) is 2.76. The summed E-state index contributed by atoms with van der Waals surface area (Å²) in [6, 6.07) is 6.14. The molecule has 1 aromatic carbocycles. The van der Waals surface area contributed by atoms with Gasteiger partial charge >= 0.3 is 0 Å². The van der Waals surface area contributed by atoms with Gasteiger partial charge in [-0.3, -0.25) is 4.79 Å². The van der Waals surface area contributed by atoms with Crippen LogP contribution in [-0.2, 0) is 6.42 Å². The molecule has 1 aliphatic heterocycles. The van der Waals surface area contributed by atoms with Gasteiger partial charge < -0.3 is 4.90 Å². The molecular weight excluding hydrogens is 186 g/mol. The van der Waals surface area contributed by atoms with Gasteiger partial charge in [0.2, 0.25) is 0 Å². The average Bonchev–Trinajstić information content (AvgIpc) is 2.14. The molecule has 0 bridgehead atoms. The fraction of sp³-hybridized carbons (Fsp3) is 0.462. The minimum absolute atomic E-state index is 0.196. The second kappa shape index (κ2) is 4.05. The van der Waals surface area contributed by atoms with E-state index in [1.54, 1.807) is 0 Å². The number of nitrogens with zero attached hydrogens (tertiary/aromatic N) is 1. The van der Waals surface area contributed by atoms with Crippen molar-refractivity contribution < 1.29 is 4.79 Å². The summed E-state index contributed by atoms with van der Waals surface area (Å²) in [4.78, 5) is 13.9. The third-order valence-electron chi connectivity index (χ3n) is 3.07. The topological polar surface area (TPSA) is 20.3 Å². The lowest BCUT2D eigenvalue weighted by atomic mass is 10.0. The van der Waals surface area contributed by atoms with E-state index in [0.717, 1.165) is 37.1 Å². The first-order valence-corrected chi connectivity index (χ1v) is 5.61. The maximum absolute atomic E-state index is 12.0. The van der Waals surface area contributed by atoms with Crippen LogP contribution in [0.15, 0.2) is 18.2 Å². The smallest absolute Gasteiger partial charge is 0.254 e. The van der Waals surface area contributed by atoms with Crippen LogP contribution in [0.25, 0.3) is 0 Å². The van der Waals surface area contributed by atoms with Gasteiger partial charge in [-0.1, -0.05) is 19.1 Å². The lowest BCUT2D eigenvalue weighted by molar-refractivity contribution is 0.0651. The van der Waals surface area contributed by atoms with E-state index >= 15 is 0 Å². The van der Waals surface area contributed by atoms with E-state index in [2.05, 4.69) is 19.1 Å². The number of hydrogen-bond acceptors (Lipinski definition) is 1. The Bertz CT molecular complexity index is 380. The Hall–Kier alpha value is -1.31. The van der Waals surface area contributed by atoms with Crippen LogP contribution in [0.5, 0.6) is 0 Å². The van der Waals surface area contributed by atoms with Gasteiger partial charge in [0, 0.05) is 18.7 Å². The van der Waals surface area contributed by atoms with Crippen molar-refractivity contribution in [3.63, 3.8) is 0 Å². The predicted octanol–water partition coefficient (Wildman–Crippen LogP) is 2.40. The molecule has 0 atom stereocenters. The van der Waals surface area contributed by atoms with Gasteiger partial charge in [-0.2, -0.15) is 0 Å². The molecule has 0 N–H and O–H groups in total. The Morgan fingerprint density at radius 3 is 2.60 bits per heavy atom. The standard InChI is InChI=1S/C13H17NO/c1-3-11-5-6-12(10(2)9-11)13(15)14-7-4-8-14/h5-6,9H,3-4,7-8H2,1-2H3. The molecule has 2 nitrogen and oxygen atoms in total. The molecule has 80 valence electrons. The predicted molar refractivity (Wildman–Crippen MR) is 61.1 cm³/mol. The lowest BCUT2D eigenvalue weighted by Gasteiger charge is -2.31. The molecule has 0 aliphatic carbocycles. The van der Waals surface area contributed by atoms with Crippen molar-refractivity contribution in [2.75, 3.05) is 13.1 Å². The van der Waals surface area contributed by atoms with E-state index < -0.39 is 0 Å². The van der Waals surface area contributed by atoms with E-state index in [0.29, 0.717) is 0 Å². The number of benzene rings is 1. The molecule has 1 amide bonds. The molecule has 0 unspecified atom stereocenters. The Labute approximate surface area is 90.9 Å². The largest absolute Gasteiger partial charge is 0.339 e. The first-order valence-electron chi connectivity index (χ1n) is 5.61. The Morgan fingerprint density at radius 2 is 2.13 bits per heavy atom. The fourth-order valence-corrected chi connectivity index (χ4v) is 1.88. The molecule has 1 aromatic rings. The summed E-state index contributed by atoms with van der Waals surface area (Å²) >= 11 is 0. The summed E-state index contributed by atoms with van der Waals surface area (Å²) in [5.41, 5.74) is 3.27. The third kappa shape index (κ3) is 1.89. The van der Waals surface area contributed by atoms with Crippen molar-refractivity contribution in [1.82, 2.24) is 4.90 Å². The molecule has 1 saturated heterocycles. The van der Waals surface area contributed by atoms with Crippen molar-refractivity contribution in [3.8, 4) is 0 Å². The van der Waals surface area contributed by atoms with Crippen LogP contribution in [0.3, 0.4) is 0 Å². The third-order valence-corrected chi connectivity index (χ3v) is 3.07. The molecule has 1 aliphatic rings. The first kappa shape index (κ1) is 10.2. The molecule has 0 spiro atoms. The van der Waals surface area contributed by atoms with Gasteiger partial charge in [-0.15, -0.1) is 0 Å². The van der Waals surface area contributed by atoms with Gasteiger partial charge in [0.15, 0.2) is 0 Å². The van der Waals surface area contributed by atoms with E-state index in [9.17, 15) is 4.79 Å². The maximum Gasteiger partial charge on any atom is 0.254 e. The summed E-state index contributed by atoms with van der Waals surface area (Å²) in [6.45, 7) is 6.00. The van der Waals surface area contributed by atoms with Gasteiger partial charge in [0.1, 0.15) is 0 Å². The van der Waals surface area contributed by atoms with Crippen molar-refractivity contribution >= 4 is 5.91 Å². The SMILES string of the molecule is CCc1ccc(C(=O)N2CCC2)c(C)c1. The van der Waals surface area contributed by atoms with Crippen molar-refractivity contribution in [2.45, 2.75) is 26.7 Å². The highest BCUT2D eigenvalue weighted by Gasteiger charge is 2.22. The van der Waals surface area contributed by atoms with E-state index in [-0.39, 0.29) is 5.91 Å². The highest BCUT2D eigenvalue weighted by Crippen LogP contribution is 2.17. The molecule has 0 radical (unpaired) electrons. The molecule has 15 heavy (non-hydrogen) atoms. The average molecular weight is 203 g/mol. The van der Waals surface area contributed by atoms with Crippen molar-refractivity contribution in [1.29, 1.82) is 0 Å². The van der Waals surface area contributed by atoms with Crippen LogP contribution < -0.4 is 0 Å². The highest BCUT2D eigenvalue weighted by molar-refractivity contribution is 5.96. The lowest BCUT2D eigenvalue weighted by Crippen LogP contribution is -2.42.